The Labute approximate surface area is 220 Å². The SMILES string of the molecule is COc1cc(OC)c2c(c1)c1cc(C)ccc1[s+]2-c1cncc(-c2nc3cc(F)c(F)cc3n2C2CC2)c1. The van der Waals surface area contributed by atoms with Crippen molar-refractivity contribution < 1.29 is 18.3 Å². The van der Waals surface area contributed by atoms with Gasteiger partial charge in [0.1, 0.15) is 11.6 Å². The number of benzene rings is 3. The van der Waals surface area contributed by atoms with Crippen LogP contribution in [-0.4, -0.2) is 28.8 Å². The average Bonchev–Trinajstić information content (AvgIpc) is 3.63. The zero-order valence-corrected chi connectivity index (χ0v) is 21.9. The van der Waals surface area contributed by atoms with Gasteiger partial charge in [0, 0.05) is 57.9 Å². The minimum Gasteiger partial charge on any atom is -0.497 e. The van der Waals surface area contributed by atoms with E-state index in [1.807, 2.05) is 16.8 Å². The van der Waals surface area contributed by atoms with Crippen molar-refractivity contribution in [3.05, 3.63) is 78.1 Å². The van der Waals surface area contributed by atoms with Crippen molar-refractivity contribution in [2.75, 3.05) is 14.2 Å². The Morgan fingerprint density at radius 2 is 1.74 bits per heavy atom. The van der Waals surface area contributed by atoms with Crippen LogP contribution in [0, 0.1) is 18.6 Å². The summed E-state index contributed by atoms with van der Waals surface area (Å²) in [5.74, 6) is 0.419. The molecule has 3 heterocycles. The van der Waals surface area contributed by atoms with Gasteiger partial charge < -0.3 is 14.0 Å². The lowest BCUT2D eigenvalue weighted by molar-refractivity contribution is 0.398. The van der Waals surface area contributed by atoms with E-state index in [9.17, 15) is 8.78 Å². The number of fused-ring (bicyclic) bond motifs is 4. The molecular formula is C30H24F2N3O2S+. The molecule has 0 amide bonds. The minimum atomic E-state index is -0.894. The maximum atomic E-state index is 14.2. The van der Waals surface area contributed by atoms with Gasteiger partial charge in [-0.15, -0.1) is 0 Å². The maximum absolute atomic E-state index is 14.2. The molecule has 0 bridgehead atoms. The first-order valence-corrected chi connectivity index (χ1v) is 13.6. The van der Waals surface area contributed by atoms with E-state index in [0.29, 0.717) is 16.9 Å². The second-order valence-corrected chi connectivity index (χ2v) is 11.6. The van der Waals surface area contributed by atoms with Crippen molar-refractivity contribution >= 4 is 41.7 Å². The van der Waals surface area contributed by atoms with Gasteiger partial charge >= 0.3 is 0 Å². The topological polar surface area (TPSA) is 49.2 Å². The molecule has 3 aromatic carbocycles. The quantitative estimate of drug-likeness (QED) is 0.212. The number of aryl methyl sites for hydroxylation is 1. The molecule has 1 aliphatic carbocycles. The van der Waals surface area contributed by atoms with Crippen molar-refractivity contribution in [3.8, 4) is 27.8 Å². The van der Waals surface area contributed by atoms with E-state index in [4.69, 9.17) is 14.5 Å². The molecule has 7 rings (SSSR count). The molecule has 8 heteroatoms. The van der Waals surface area contributed by atoms with Gasteiger partial charge in [-0.2, -0.15) is 0 Å². The molecular weight excluding hydrogens is 504 g/mol. The highest BCUT2D eigenvalue weighted by Gasteiger charge is 2.32. The monoisotopic (exact) mass is 528 g/mol. The summed E-state index contributed by atoms with van der Waals surface area (Å²) in [6.07, 6.45) is 5.62. The summed E-state index contributed by atoms with van der Waals surface area (Å²) >= 11 is 0. The number of thiophene rings is 1. The molecule has 5 nitrogen and oxygen atoms in total. The average molecular weight is 529 g/mol. The summed E-state index contributed by atoms with van der Waals surface area (Å²) in [6.45, 7) is 2.09. The van der Waals surface area contributed by atoms with Crippen LogP contribution in [0.15, 0.2) is 60.9 Å². The molecule has 0 N–H and O–H groups in total. The van der Waals surface area contributed by atoms with Crippen molar-refractivity contribution in [1.29, 1.82) is 0 Å². The summed E-state index contributed by atoms with van der Waals surface area (Å²) in [4.78, 5) is 10.4. The van der Waals surface area contributed by atoms with Crippen LogP contribution in [0.1, 0.15) is 24.4 Å². The number of aromatic nitrogens is 3. The van der Waals surface area contributed by atoms with E-state index in [-0.39, 0.29) is 6.04 Å². The smallest absolute Gasteiger partial charge is 0.229 e. The Bertz CT molecular complexity index is 1910. The van der Waals surface area contributed by atoms with E-state index in [2.05, 4.69) is 42.2 Å². The Morgan fingerprint density at radius 1 is 0.921 bits per heavy atom. The molecule has 0 radical (unpaired) electrons. The number of ether oxygens (including phenoxy) is 2. The molecule has 0 saturated heterocycles. The molecule has 38 heavy (non-hydrogen) atoms. The second-order valence-electron chi connectivity index (χ2n) is 9.71. The van der Waals surface area contributed by atoms with Crippen LogP contribution in [-0.2, 0) is 0 Å². The third kappa shape index (κ3) is 3.47. The van der Waals surface area contributed by atoms with Crippen LogP contribution in [0.2, 0.25) is 0 Å². The van der Waals surface area contributed by atoms with E-state index >= 15 is 0 Å². The van der Waals surface area contributed by atoms with Crippen LogP contribution < -0.4 is 9.47 Å². The summed E-state index contributed by atoms with van der Waals surface area (Å²) in [7, 11) is 2.85. The third-order valence-corrected chi connectivity index (χ3v) is 9.50. The first-order valence-electron chi connectivity index (χ1n) is 12.4. The lowest BCUT2D eigenvalue weighted by Gasteiger charge is -2.08. The third-order valence-electron chi connectivity index (χ3n) is 7.18. The highest BCUT2D eigenvalue weighted by atomic mass is 32.2. The summed E-state index contributed by atoms with van der Waals surface area (Å²) in [6, 6.07) is 15.2. The minimum absolute atomic E-state index is 0.217. The highest BCUT2D eigenvalue weighted by molar-refractivity contribution is 7.50. The molecule has 1 unspecified atom stereocenters. The Kier molecular flexibility index (Phi) is 5.16. The number of halogens is 2. The van der Waals surface area contributed by atoms with Crippen molar-refractivity contribution in [2.45, 2.75) is 25.8 Å². The van der Waals surface area contributed by atoms with Crippen LogP contribution in [0.4, 0.5) is 8.78 Å². The molecule has 1 fully saturated rings. The fourth-order valence-corrected chi connectivity index (χ4v) is 7.74. The first-order chi connectivity index (χ1) is 18.5. The second kappa shape index (κ2) is 8.49. The molecule has 0 aliphatic heterocycles. The van der Waals surface area contributed by atoms with Crippen LogP contribution in [0.5, 0.6) is 11.5 Å². The predicted molar refractivity (Wildman–Crippen MR) is 148 cm³/mol. The van der Waals surface area contributed by atoms with Gasteiger partial charge in [0.15, 0.2) is 27.0 Å². The van der Waals surface area contributed by atoms with Gasteiger partial charge in [-0.05, 0) is 38.0 Å². The Balaban J connectivity index is 1.51. The van der Waals surface area contributed by atoms with E-state index in [0.717, 1.165) is 50.3 Å². The molecule has 1 saturated carbocycles. The molecule has 6 aromatic rings. The van der Waals surface area contributed by atoms with E-state index < -0.39 is 22.1 Å². The number of pyridine rings is 1. The van der Waals surface area contributed by atoms with Crippen LogP contribution in [0.25, 0.3) is 47.5 Å². The standard InChI is InChI=1S/C30H24F2N3O2S/c1-16-4-7-28-21(8-16)22-10-19(36-2)11-27(37-3)29(22)38(28)20-9-17(14-33-15-20)30-34-25-12-23(31)24(32)13-26(25)35(30)18-5-6-18/h4,7-15,18H,5-6H2,1-3H3/q+1. The Hall–Kier alpha value is -4.04. The molecule has 3 aromatic heterocycles. The zero-order chi connectivity index (χ0) is 26.1. The summed E-state index contributed by atoms with van der Waals surface area (Å²) in [5, 5.41) is 2.24. The van der Waals surface area contributed by atoms with Crippen LogP contribution in [0.3, 0.4) is 0 Å². The predicted octanol–water partition coefficient (Wildman–Crippen LogP) is 8.08. The lowest BCUT2D eigenvalue weighted by atomic mass is 10.1. The largest absolute Gasteiger partial charge is 0.497 e. The van der Waals surface area contributed by atoms with Gasteiger partial charge in [-0.1, -0.05) is 11.6 Å². The van der Waals surface area contributed by atoms with Gasteiger partial charge in [0.2, 0.25) is 4.70 Å². The molecule has 1 atom stereocenters. The van der Waals surface area contributed by atoms with Gasteiger partial charge in [-0.3, -0.25) is 4.98 Å². The maximum Gasteiger partial charge on any atom is 0.229 e. The summed E-state index contributed by atoms with van der Waals surface area (Å²) < 4.78 is 44.0. The van der Waals surface area contributed by atoms with Gasteiger partial charge in [-0.25, -0.2) is 13.8 Å². The van der Waals surface area contributed by atoms with E-state index in [1.165, 1.54) is 22.4 Å². The normalized spacial score (nSPS) is 14.1. The fourth-order valence-electron chi connectivity index (χ4n) is 5.29. The van der Waals surface area contributed by atoms with Crippen LogP contribution >= 0.6 is 10.5 Å². The van der Waals surface area contributed by atoms with Crippen molar-refractivity contribution in [3.63, 3.8) is 0 Å². The van der Waals surface area contributed by atoms with Gasteiger partial charge in [0.25, 0.3) is 0 Å². The Morgan fingerprint density at radius 3 is 2.50 bits per heavy atom. The first kappa shape index (κ1) is 23.1. The number of hydrogen-bond acceptors (Lipinski definition) is 4. The van der Waals surface area contributed by atoms with Crippen molar-refractivity contribution in [1.82, 2.24) is 14.5 Å². The zero-order valence-electron chi connectivity index (χ0n) is 21.1. The lowest BCUT2D eigenvalue weighted by Crippen LogP contribution is -1.98. The van der Waals surface area contributed by atoms with Gasteiger partial charge in [0.05, 0.1) is 36.8 Å². The fraction of sp³-hybridized carbons (Fsp3) is 0.200. The molecule has 1 aliphatic rings. The highest BCUT2D eigenvalue weighted by Crippen LogP contribution is 2.53. The summed E-state index contributed by atoms with van der Waals surface area (Å²) in [5.41, 5.74) is 3.04. The van der Waals surface area contributed by atoms with E-state index in [1.54, 1.807) is 20.4 Å². The number of nitrogens with zero attached hydrogens (tertiary/aromatic N) is 3. The number of rotatable bonds is 5. The number of imidazole rings is 1. The number of methoxy groups -OCH3 is 2. The van der Waals surface area contributed by atoms with Crippen molar-refractivity contribution in [2.24, 2.45) is 0 Å². The number of hydrogen-bond donors (Lipinski definition) is 0. The molecule has 0 spiro atoms. The molecule has 190 valence electrons.